The summed E-state index contributed by atoms with van der Waals surface area (Å²) in [4.78, 5) is 9.03. The Kier molecular flexibility index (Phi) is 6.92. The Balaban J connectivity index is 1.26. The summed E-state index contributed by atoms with van der Waals surface area (Å²) in [6.45, 7) is 8.58. The van der Waals surface area contributed by atoms with Crippen molar-refractivity contribution in [2.24, 2.45) is 5.92 Å². The first-order valence-electron chi connectivity index (χ1n) is 12.2. The molecule has 7 nitrogen and oxygen atoms in total. The lowest BCUT2D eigenvalue weighted by Gasteiger charge is -2.26. The first kappa shape index (κ1) is 24.6. The van der Waals surface area contributed by atoms with Gasteiger partial charge in [-0.2, -0.15) is 0 Å². The van der Waals surface area contributed by atoms with Gasteiger partial charge in [-0.15, -0.1) is 4.72 Å². The molecule has 1 saturated carbocycles. The second-order valence-electron chi connectivity index (χ2n) is 10.2. The fourth-order valence-corrected chi connectivity index (χ4v) is 4.36. The van der Waals surface area contributed by atoms with Gasteiger partial charge in [-0.05, 0) is 82.3 Å². The molecular weight excluding hydrogens is 474 g/mol. The average molecular weight is 506 g/mol. The van der Waals surface area contributed by atoms with Crippen molar-refractivity contribution >= 4 is 22.5 Å². The van der Waals surface area contributed by atoms with E-state index in [9.17, 15) is 4.55 Å². The van der Waals surface area contributed by atoms with Gasteiger partial charge >= 0.3 is 0 Å². The van der Waals surface area contributed by atoms with Crippen LogP contribution >= 0.6 is 0 Å². The maximum atomic E-state index is 12.5. The Hall–Kier alpha value is -3.07. The summed E-state index contributed by atoms with van der Waals surface area (Å²) in [5.74, 6) is 3.13. The number of pyridine rings is 1. The molecule has 2 aromatic heterocycles. The number of nitrogens with zero attached hydrogens (tertiary/aromatic N) is 2. The fourth-order valence-electron chi connectivity index (χ4n) is 3.55. The van der Waals surface area contributed by atoms with Gasteiger partial charge in [-0.3, -0.25) is 0 Å². The highest BCUT2D eigenvalue weighted by molar-refractivity contribution is 7.90. The molecule has 0 spiro atoms. The molecule has 0 bridgehead atoms. The Morgan fingerprint density at radius 3 is 2.64 bits per heavy atom. The molecule has 0 amide bonds. The minimum atomic E-state index is -1.17. The van der Waals surface area contributed by atoms with Crippen molar-refractivity contribution in [2.75, 3.05) is 6.61 Å². The van der Waals surface area contributed by atoms with Gasteiger partial charge in [0.05, 0.1) is 18.2 Å². The van der Waals surface area contributed by atoms with E-state index in [1.165, 1.54) is 12.8 Å². The molecule has 4 aromatic rings. The van der Waals surface area contributed by atoms with Gasteiger partial charge in [0.2, 0.25) is 11.8 Å². The van der Waals surface area contributed by atoms with Crippen molar-refractivity contribution in [3.8, 4) is 28.8 Å². The number of benzene rings is 2. The monoisotopic (exact) mass is 505 g/mol. The zero-order valence-corrected chi connectivity index (χ0v) is 21.8. The number of hydrogen-bond donors (Lipinski definition) is 1. The van der Waals surface area contributed by atoms with E-state index in [0.29, 0.717) is 29.0 Å². The average Bonchev–Trinajstić information content (AvgIpc) is 3.59. The minimum absolute atomic E-state index is 0.0984. The molecule has 1 aliphatic carbocycles. The molecule has 0 aliphatic heterocycles. The van der Waals surface area contributed by atoms with Gasteiger partial charge in [0.15, 0.2) is 5.58 Å². The third-order valence-electron chi connectivity index (χ3n) is 5.95. The molecule has 5 rings (SSSR count). The molecule has 2 atom stereocenters. The highest BCUT2D eigenvalue weighted by atomic mass is 32.2. The van der Waals surface area contributed by atoms with E-state index in [1.807, 2.05) is 76.2 Å². The maximum Gasteiger partial charge on any atom is 0.228 e. The van der Waals surface area contributed by atoms with Gasteiger partial charge in [-0.1, -0.05) is 12.1 Å². The van der Waals surface area contributed by atoms with E-state index in [2.05, 4.69) is 14.7 Å². The van der Waals surface area contributed by atoms with Gasteiger partial charge in [-0.25, -0.2) is 9.97 Å². The Morgan fingerprint density at radius 1 is 1.11 bits per heavy atom. The third-order valence-corrected chi connectivity index (χ3v) is 7.63. The molecule has 2 heterocycles. The topological polar surface area (TPSA) is 92.5 Å². The van der Waals surface area contributed by atoms with Crippen LogP contribution in [0.4, 0.5) is 0 Å². The van der Waals surface area contributed by atoms with E-state index in [1.54, 1.807) is 12.3 Å². The molecular formula is C28H31N3O4S. The van der Waals surface area contributed by atoms with Crippen LogP contribution in [0.3, 0.4) is 0 Å². The normalized spacial score (nSPS) is 15.6. The quantitative estimate of drug-likeness (QED) is 0.257. The highest BCUT2D eigenvalue weighted by Crippen LogP contribution is 2.32. The van der Waals surface area contributed by atoms with Crippen LogP contribution in [0.5, 0.6) is 17.4 Å². The second kappa shape index (κ2) is 10.1. The van der Waals surface area contributed by atoms with Crippen LogP contribution < -0.4 is 14.2 Å². The SMILES string of the molecule is C[C@H](N[S@@+]([O-])C(C)(C)C)c1ccc2nc(-c3ccc(Oc4cccc(OCC5CC5)c4)nc3)oc2c1. The van der Waals surface area contributed by atoms with Crippen LogP contribution in [0, 0.1) is 5.92 Å². The fraction of sp³-hybridized carbons (Fsp3) is 0.357. The zero-order chi connectivity index (χ0) is 25.3. The molecule has 0 saturated heterocycles. The van der Waals surface area contributed by atoms with E-state index in [4.69, 9.17) is 13.9 Å². The van der Waals surface area contributed by atoms with Crippen molar-refractivity contribution in [2.45, 2.75) is 51.3 Å². The predicted molar refractivity (Wildman–Crippen MR) is 141 cm³/mol. The van der Waals surface area contributed by atoms with Gasteiger partial charge in [0.25, 0.3) is 0 Å². The molecule has 188 valence electrons. The van der Waals surface area contributed by atoms with E-state index >= 15 is 0 Å². The largest absolute Gasteiger partial charge is 0.598 e. The lowest BCUT2D eigenvalue weighted by Crippen LogP contribution is -2.40. The Morgan fingerprint density at radius 2 is 1.92 bits per heavy atom. The zero-order valence-electron chi connectivity index (χ0n) is 21.0. The minimum Gasteiger partial charge on any atom is -0.598 e. The standard InChI is InChI=1S/C28H31N3O4S/c1-18(31-36(32)28(2,3)4)20-10-12-24-25(14-20)35-27(30-24)21-11-13-26(29-16-21)34-23-7-5-6-22(15-23)33-17-19-8-9-19/h5-7,10-16,18-19,31H,8-9,17H2,1-4H3/t18-,36-/m0/s1. The molecule has 0 unspecified atom stereocenters. The number of oxazole rings is 1. The predicted octanol–water partition coefficient (Wildman–Crippen LogP) is 6.58. The maximum absolute atomic E-state index is 12.5. The van der Waals surface area contributed by atoms with Crippen LogP contribution in [-0.2, 0) is 11.4 Å². The summed E-state index contributed by atoms with van der Waals surface area (Å²) >= 11 is -1.17. The van der Waals surface area contributed by atoms with Crippen LogP contribution in [0.1, 0.15) is 52.1 Å². The summed E-state index contributed by atoms with van der Waals surface area (Å²) in [6, 6.07) is 17.0. The molecule has 8 heteroatoms. The van der Waals surface area contributed by atoms with Gasteiger partial charge in [0.1, 0.15) is 21.8 Å². The van der Waals surface area contributed by atoms with Crippen LogP contribution in [0.15, 0.2) is 65.2 Å². The first-order chi connectivity index (χ1) is 17.2. The van der Waals surface area contributed by atoms with Gasteiger partial charge in [0, 0.05) is 29.7 Å². The molecule has 36 heavy (non-hydrogen) atoms. The molecule has 1 N–H and O–H groups in total. The molecule has 0 radical (unpaired) electrons. The number of ether oxygens (including phenoxy) is 2. The number of hydrogen-bond acceptors (Lipinski definition) is 7. The second-order valence-corrected chi connectivity index (χ2v) is 12.2. The van der Waals surface area contributed by atoms with Crippen LogP contribution in [0.25, 0.3) is 22.6 Å². The van der Waals surface area contributed by atoms with E-state index < -0.39 is 11.4 Å². The lowest BCUT2D eigenvalue weighted by atomic mass is 10.1. The summed E-state index contributed by atoms with van der Waals surface area (Å²) in [7, 11) is 0. The number of rotatable bonds is 9. The van der Waals surface area contributed by atoms with E-state index in [-0.39, 0.29) is 10.8 Å². The summed E-state index contributed by atoms with van der Waals surface area (Å²) < 4.78 is 33.1. The smallest absolute Gasteiger partial charge is 0.228 e. The molecule has 2 aromatic carbocycles. The van der Waals surface area contributed by atoms with Gasteiger partial charge < -0.3 is 18.4 Å². The van der Waals surface area contributed by atoms with Crippen molar-refractivity contribution in [1.29, 1.82) is 0 Å². The van der Waals surface area contributed by atoms with E-state index in [0.717, 1.165) is 29.0 Å². The summed E-state index contributed by atoms with van der Waals surface area (Å²) in [6.07, 6.45) is 4.19. The number of nitrogens with one attached hydrogen (secondary N) is 1. The van der Waals surface area contributed by atoms with Crippen LogP contribution in [-0.4, -0.2) is 25.9 Å². The third kappa shape index (κ3) is 6.00. The number of aromatic nitrogens is 2. The summed E-state index contributed by atoms with van der Waals surface area (Å²) in [5, 5.41) is 0. The lowest BCUT2D eigenvalue weighted by molar-refractivity contribution is 0.298. The Labute approximate surface area is 214 Å². The summed E-state index contributed by atoms with van der Waals surface area (Å²) in [5.41, 5.74) is 3.15. The van der Waals surface area contributed by atoms with Crippen LogP contribution in [0.2, 0.25) is 0 Å². The Bertz CT molecular complexity index is 1330. The molecule has 1 aliphatic rings. The van der Waals surface area contributed by atoms with Crippen molar-refractivity contribution in [3.05, 3.63) is 66.4 Å². The highest BCUT2D eigenvalue weighted by Gasteiger charge is 2.28. The van der Waals surface area contributed by atoms with Crippen molar-refractivity contribution in [3.63, 3.8) is 0 Å². The first-order valence-corrected chi connectivity index (χ1v) is 13.4. The molecule has 1 fully saturated rings. The van der Waals surface area contributed by atoms with Crippen molar-refractivity contribution in [1.82, 2.24) is 14.7 Å². The van der Waals surface area contributed by atoms with Crippen molar-refractivity contribution < 1.29 is 18.4 Å². The number of fused-ring (bicyclic) bond motifs is 1.